The number of aliphatic hydroxyl groups excluding tert-OH is 1. The van der Waals surface area contributed by atoms with Crippen molar-refractivity contribution in [2.24, 2.45) is 28.9 Å². The fraction of sp³-hybridized carbons (Fsp3) is 0.633. The Morgan fingerprint density at radius 3 is 1.61 bits per heavy atom. The molecule has 416 valence electrons. The van der Waals surface area contributed by atoms with Crippen LogP contribution in [-0.2, 0) is 64.0 Å². The van der Waals surface area contributed by atoms with E-state index in [2.05, 4.69) is 51.1 Å². The second kappa shape index (κ2) is 31.4. The second-order valence-electron chi connectivity index (χ2n) is 19.3. The molecule has 3 rings (SSSR count). The first-order chi connectivity index (χ1) is 35.5. The molecule has 0 radical (unpaired) electrons. The molecule has 0 saturated carbocycles. The summed E-state index contributed by atoms with van der Waals surface area (Å²) >= 11 is 0. The van der Waals surface area contributed by atoms with Crippen molar-refractivity contribution < 1.29 is 67.7 Å². The monoisotopic (exact) mass is 1060 g/mol. The number of fused-ring (bicyclic) bond motifs is 1. The molecule has 2 aliphatic rings. The van der Waals surface area contributed by atoms with Gasteiger partial charge in [0.15, 0.2) is 0 Å². The topological polar surface area (TPSA) is 437 Å². The number of nitrogens with two attached hydrogens (primary N) is 4. The van der Waals surface area contributed by atoms with Gasteiger partial charge in [0, 0.05) is 31.8 Å². The molecule has 1 aromatic carbocycles. The zero-order chi connectivity index (χ0) is 55.8. The summed E-state index contributed by atoms with van der Waals surface area (Å²) in [7, 11) is 0. The highest BCUT2D eigenvalue weighted by Gasteiger charge is 2.40. The van der Waals surface area contributed by atoms with Crippen molar-refractivity contribution in [1.29, 1.82) is 0 Å². The SMILES string of the molecule is CC[C@H](C)CCCCCCCC[C@@H]1CC(=O)N[C@H](CC(N)=O)C(=O)N[C@H](Cc2ccc(O)cc2)C(=O)N[C@H](CC(N)=O)C(=O)N[C@@H](CO)C(=O)N[C@@H](CC(N)=O)C(=O)N[C@@H](CCC(N)=O)C(=O)N2CCC[C@@H]2C(=O)N1. The van der Waals surface area contributed by atoms with Gasteiger partial charge < -0.3 is 75.3 Å². The molecule has 2 heterocycles. The van der Waals surface area contributed by atoms with Gasteiger partial charge in [0.2, 0.25) is 70.9 Å². The zero-order valence-corrected chi connectivity index (χ0v) is 42.7. The Morgan fingerprint density at radius 2 is 1.08 bits per heavy atom. The summed E-state index contributed by atoms with van der Waals surface area (Å²) in [6.07, 6.45) is 3.94. The van der Waals surface area contributed by atoms with E-state index in [1.165, 1.54) is 29.2 Å². The number of amides is 12. The van der Waals surface area contributed by atoms with E-state index in [-0.39, 0.29) is 31.6 Å². The van der Waals surface area contributed by atoms with Crippen molar-refractivity contribution in [2.45, 2.75) is 178 Å². The molecule has 26 nitrogen and oxygen atoms in total. The van der Waals surface area contributed by atoms with Crippen molar-refractivity contribution in [1.82, 2.24) is 42.1 Å². The molecule has 2 aliphatic heterocycles. The summed E-state index contributed by atoms with van der Waals surface area (Å²) in [5, 5.41) is 37.0. The molecule has 0 bridgehead atoms. The lowest BCUT2D eigenvalue weighted by atomic mass is 9.99. The number of unbranched alkanes of at least 4 members (excludes halogenated alkanes) is 5. The Morgan fingerprint density at radius 1 is 0.600 bits per heavy atom. The predicted molar refractivity (Wildman–Crippen MR) is 268 cm³/mol. The standard InChI is InChI=1S/C49H76N12O14/c1-3-27(2)11-8-6-4-5-7-9-12-29-22-42(68)55-33(23-39(51)65)44(70)57-32(21-28-14-16-30(63)17-15-28)43(69)58-35(25-41(53)67)46(72)60-36(26-62)47(73)59-34(24-40(52)66)45(71)56-31(18-19-38(50)64)49(75)61-20-10-13-37(61)48(74)54-29/h14-17,27,29,31-37,62-63H,3-13,18-26H2,1-2H3,(H2,50,64)(H2,51,65)(H2,52,66)(H2,53,67)(H,54,74)(H,55,68)(H,56,71)(H,57,70)(H,58,69)(H,59,73)(H,60,72)/t27-,29+,31-,32+,33+,34-,35+,36-,37+/m0/s1. The second-order valence-corrected chi connectivity index (χ2v) is 19.3. The number of benzene rings is 1. The first-order valence-electron chi connectivity index (χ1n) is 25.5. The molecule has 12 amide bonds. The van der Waals surface area contributed by atoms with Gasteiger partial charge in [0.25, 0.3) is 0 Å². The number of carbonyl (C=O) groups excluding carboxylic acids is 12. The predicted octanol–water partition coefficient (Wildman–Crippen LogP) is -3.23. The van der Waals surface area contributed by atoms with Gasteiger partial charge in [-0.25, -0.2) is 0 Å². The minimum atomic E-state index is -1.96. The Hall–Kier alpha value is -7.38. The Labute approximate surface area is 435 Å². The average molecular weight is 1060 g/mol. The number of phenols is 1. The van der Waals surface area contributed by atoms with Gasteiger partial charge in [-0.05, 0) is 49.3 Å². The summed E-state index contributed by atoms with van der Waals surface area (Å²) in [6, 6.07) is -7.40. The lowest BCUT2D eigenvalue weighted by Crippen LogP contribution is -2.61. The largest absolute Gasteiger partial charge is 0.508 e. The van der Waals surface area contributed by atoms with Gasteiger partial charge >= 0.3 is 0 Å². The molecule has 9 atom stereocenters. The molecule has 0 unspecified atom stereocenters. The van der Waals surface area contributed by atoms with E-state index in [0.717, 1.165) is 44.9 Å². The van der Waals surface area contributed by atoms with Crippen LogP contribution in [0.25, 0.3) is 0 Å². The Balaban J connectivity index is 2.12. The molecule has 0 aliphatic carbocycles. The van der Waals surface area contributed by atoms with Crippen LogP contribution in [0.3, 0.4) is 0 Å². The van der Waals surface area contributed by atoms with E-state index in [1.807, 2.05) is 0 Å². The fourth-order valence-electron chi connectivity index (χ4n) is 8.71. The summed E-state index contributed by atoms with van der Waals surface area (Å²) in [5.74, 6) is -12.1. The normalized spacial score (nSPS) is 24.3. The summed E-state index contributed by atoms with van der Waals surface area (Å²) in [6.45, 7) is 3.19. The van der Waals surface area contributed by atoms with E-state index in [0.29, 0.717) is 24.3 Å². The van der Waals surface area contributed by atoms with Crippen LogP contribution < -0.4 is 60.2 Å². The number of phenolic OH excluding ortho intramolecular Hbond substituents is 1. The number of aliphatic hydroxyl groups is 1. The number of hydrogen-bond donors (Lipinski definition) is 13. The maximum Gasteiger partial charge on any atom is 0.245 e. The molecular weight excluding hydrogens is 981 g/mol. The number of primary amides is 4. The number of rotatable bonds is 22. The van der Waals surface area contributed by atoms with Gasteiger partial charge in [0.05, 0.1) is 25.9 Å². The zero-order valence-electron chi connectivity index (χ0n) is 42.7. The lowest BCUT2D eigenvalue weighted by molar-refractivity contribution is -0.142. The van der Waals surface area contributed by atoms with Crippen LogP contribution in [0.1, 0.15) is 129 Å². The highest BCUT2D eigenvalue weighted by atomic mass is 16.3. The third kappa shape index (κ3) is 21.9. The summed E-state index contributed by atoms with van der Waals surface area (Å²) in [5.41, 5.74) is 22.1. The summed E-state index contributed by atoms with van der Waals surface area (Å²) < 4.78 is 0. The molecule has 0 aromatic heterocycles. The summed E-state index contributed by atoms with van der Waals surface area (Å²) in [4.78, 5) is 162. The smallest absolute Gasteiger partial charge is 0.245 e. The number of hydrogen-bond acceptors (Lipinski definition) is 14. The number of carbonyl (C=O) groups is 12. The Bertz CT molecular complexity index is 2200. The van der Waals surface area contributed by atoms with Crippen LogP contribution in [-0.4, -0.2) is 147 Å². The van der Waals surface area contributed by atoms with Crippen LogP contribution in [0.2, 0.25) is 0 Å². The van der Waals surface area contributed by atoms with Crippen molar-refractivity contribution in [3.63, 3.8) is 0 Å². The quantitative estimate of drug-likeness (QED) is 0.0509. The molecule has 1 aromatic rings. The number of aromatic hydroxyl groups is 1. The first-order valence-corrected chi connectivity index (χ1v) is 25.5. The van der Waals surface area contributed by atoms with Crippen molar-refractivity contribution in [2.75, 3.05) is 13.2 Å². The highest BCUT2D eigenvalue weighted by Crippen LogP contribution is 2.22. The van der Waals surface area contributed by atoms with E-state index < -0.39 is 164 Å². The van der Waals surface area contributed by atoms with E-state index in [9.17, 15) is 67.7 Å². The average Bonchev–Trinajstić information content (AvgIpc) is 3.84. The number of nitrogens with zero attached hydrogens (tertiary/aromatic N) is 1. The van der Waals surface area contributed by atoms with Crippen LogP contribution >= 0.6 is 0 Å². The maximum atomic E-state index is 14.3. The molecule has 26 heteroatoms. The van der Waals surface area contributed by atoms with Crippen LogP contribution in [0.15, 0.2) is 24.3 Å². The van der Waals surface area contributed by atoms with E-state index in [4.69, 9.17) is 22.9 Å². The Kier molecular flexibility index (Phi) is 25.9. The molecule has 17 N–H and O–H groups in total. The third-order valence-electron chi connectivity index (χ3n) is 13.1. The minimum absolute atomic E-state index is 0.00708. The van der Waals surface area contributed by atoms with Gasteiger partial charge in [-0.1, -0.05) is 77.3 Å². The molecule has 2 saturated heterocycles. The van der Waals surface area contributed by atoms with E-state index >= 15 is 0 Å². The maximum absolute atomic E-state index is 14.3. The lowest BCUT2D eigenvalue weighted by Gasteiger charge is -2.31. The number of nitrogens with one attached hydrogen (secondary N) is 7. The van der Waals surface area contributed by atoms with Crippen molar-refractivity contribution in [3.05, 3.63) is 29.8 Å². The highest BCUT2D eigenvalue weighted by molar-refractivity contribution is 6.00. The van der Waals surface area contributed by atoms with Crippen LogP contribution in [0, 0.1) is 5.92 Å². The van der Waals surface area contributed by atoms with Gasteiger partial charge in [-0.2, -0.15) is 0 Å². The van der Waals surface area contributed by atoms with Gasteiger partial charge in [-0.3, -0.25) is 57.5 Å². The fourth-order valence-corrected chi connectivity index (χ4v) is 8.71. The molecule has 0 spiro atoms. The first kappa shape index (κ1) is 61.9. The van der Waals surface area contributed by atoms with Gasteiger partial charge in [0.1, 0.15) is 48.0 Å². The van der Waals surface area contributed by atoms with Crippen molar-refractivity contribution in [3.8, 4) is 5.75 Å². The van der Waals surface area contributed by atoms with Crippen molar-refractivity contribution >= 4 is 70.9 Å². The molecular formula is C49H76N12O14. The van der Waals surface area contributed by atoms with Crippen LogP contribution in [0.4, 0.5) is 0 Å². The third-order valence-corrected chi connectivity index (χ3v) is 13.1. The molecule has 75 heavy (non-hydrogen) atoms. The van der Waals surface area contributed by atoms with Gasteiger partial charge in [-0.15, -0.1) is 0 Å². The van der Waals surface area contributed by atoms with Crippen LogP contribution in [0.5, 0.6) is 5.75 Å². The minimum Gasteiger partial charge on any atom is -0.508 e. The van der Waals surface area contributed by atoms with E-state index in [1.54, 1.807) is 0 Å². The molecule has 2 fully saturated rings.